The predicted octanol–water partition coefficient (Wildman–Crippen LogP) is 3.35. The van der Waals surface area contributed by atoms with E-state index in [1.165, 1.54) is 24.0 Å². The van der Waals surface area contributed by atoms with E-state index in [4.69, 9.17) is 9.47 Å². The van der Waals surface area contributed by atoms with E-state index in [9.17, 15) is 0 Å². The average molecular weight is 271 g/mol. The molecule has 0 fully saturated rings. The lowest BCUT2D eigenvalue weighted by Gasteiger charge is -2.20. The molecule has 0 heterocycles. The van der Waals surface area contributed by atoms with Gasteiger partial charge in [-0.05, 0) is 58.8 Å². The van der Waals surface area contributed by atoms with Gasteiger partial charge in [0.25, 0.3) is 0 Å². The van der Waals surface area contributed by atoms with Crippen LogP contribution in [0.2, 0.25) is 0 Å². The van der Waals surface area contributed by atoms with E-state index in [2.05, 4.69) is 22.0 Å². The summed E-state index contributed by atoms with van der Waals surface area (Å²) in [6, 6.07) is 2.11. The number of benzene rings is 1. The van der Waals surface area contributed by atoms with Crippen LogP contribution >= 0.6 is 15.9 Å². The third kappa shape index (κ3) is 1.85. The second-order valence-electron chi connectivity index (χ2n) is 3.77. The minimum atomic E-state index is 0.818. The van der Waals surface area contributed by atoms with Crippen LogP contribution in [0, 0.1) is 0 Å². The molecular formula is C12H15BrO2. The van der Waals surface area contributed by atoms with Crippen molar-refractivity contribution in [1.29, 1.82) is 0 Å². The monoisotopic (exact) mass is 270 g/mol. The molecule has 2 nitrogen and oxygen atoms in total. The first kappa shape index (κ1) is 10.8. The van der Waals surface area contributed by atoms with Crippen LogP contribution in [0.4, 0.5) is 0 Å². The lowest BCUT2D eigenvalue weighted by atomic mass is 9.91. The van der Waals surface area contributed by atoms with Gasteiger partial charge < -0.3 is 9.47 Å². The number of ether oxygens (including phenoxy) is 2. The molecule has 0 unspecified atom stereocenters. The van der Waals surface area contributed by atoms with Crippen molar-refractivity contribution in [3.63, 3.8) is 0 Å². The van der Waals surface area contributed by atoms with Gasteiger partial charge in [-0.1, -0.05) is 0 Å². The van der Waals surface area contributed by atoms with Crippen molar-refractivity contribution >= 4 is 15.9 Å². The summed E-state index contributed by atoms with van der Waals surface area (Å²) in [4.78, 5) is 0. The zero-order valence-corrected chi connectivity index (χ0v) is 10.7. The number of methoxy groups -OCH3 is 2. The molecule has 0 aliphatic heterocycles. The number of hydrogen-bond donors (Lipinski definition) is 0. The SMILES string of the molecule is COc1cc2c(c(Br)c1OC)CCCC2. The highest BCUT2D eigenvalue weighted by atomic mass is 79.9. The highest BCUT2D eigenvalue weighted by molar-refractivity contribution is 9.10. The van der Waals surface area contributed by atoms with Crippen LogP contribution in [0.3, 0.4) is 0 Å². The molecule has 2 rings (SSSR count). The minimum Gasteiger partial charge on any atom is -0.493 e. The lowest BCUT2D eigenvalue weighted by Crippen LogP contribution is -2.05. The number of fused-ring (bicyclic) bond motifs is 1. The smallest absolute Gasteiger partial charge is 0.175 e. The second kappa shape index (κ2) is 4.44. The van der Waals surface area contributed by atoms with E-state index in [1.807, 2.05) is 0 Å². The Bertz CT molecular complexity index is 360. The van der Waals surface area contributed by atoms with Crippen LogP contribution in [0.15, 0.2) is 10.5 Å². The molecule has 0 N–H and O–H groups in total. The molecule has 1 aliphatic carbocycles. The summed E-state index contributed by atoms with van der Waals surface area (Å²) in [5, 5.41) is 0. The van der Waals surface area contributed by atoms with E-state index >= 15 is 0 Å². The molecule has 1 aliphatic rings. The molecule has 0 aromatic heterocycles. The molecule has 15 heavy (non-hydrogen) atoms. The van der Waals surface area contributed by atoms with Gasteiger partial charge in [0, 0.05) is 0 Å². The van der Waals surface area contributed by atoms with Crippen LogP contribution < -0.4 is 9.47 Å². The zero-order chi connectivity index (χ0) is 10.8. The summed E-state index contributed by atoms with van der Waals surface area (Å²) in [6.45, 7) is 0. The minimum absolute atomic E-state index is 0.818. The van der Waals surface area contributed by atoms with Gasteiger partial charge in [-0.15, -0.1) is 0 Å². The van der Waals surface area contributed by atoms with Gasteiger partial charge in [-0.3, -0.25) is 0 Å². The predicted molar refractivity (Wildman–Crippen MR) is 63.9 cm³/mol. The Balaban J connectivity index is 2.57. The van der Waals surface area contributed by atoms with E-state index in [-0.39, 0.29) is 0 Å². The molecule has 0 atom stereocenters. The van der Waals surface area contributed by atoms with Crippen LogP contribution in [-0.2, 0) is 12.8 Å². The van der Waals surface area contributed by atoms with Gasteiger partial charge in [-0.2, -0.15) is 0 Å². The molecule has 3 heteroatoms. The van der Waals surface area contributed by atoms with Crippen molar-refractivity contribution < 1.29 is 9.47 Å². The third-order valence-corrected chi connectivity index (χ3v) is 3.77. The number of halogens is 1. The van der Waals surface area contributed by atoms with Gasteiger partial charge in [0.15, 0.2) is 11.5 Å². The maximum absolute atomic E-state index is 5.36. The fourth-order valence-electron chi connectivity index (χ4n) is 2.15. The van der Waals surface area contributed by atoms with Gasteiger partial charge >= 0.3 is 0 Å². The Morgan fingerprint density at radius 3 is 2.53 bits per heavy atom. The Labute approximate surface area is 98.7 Å². The lowest BCUT2D eigenvalue weighted by molar-refractivity contribution is 0.351. The van der Waals surface area contributed by atoms with Crippen molar-refractivity contribution in [2.45, 2.75) is 25.7 Å². The molecule has 0 amide bonds. The van der Waals surface area contributed by atoms with E-state index in [0.29, 0.717) is 0 Å². The van der Waals surface area contributed by atoms with Crippen molar-refractivity contribution in [1.82, 2.24) is 0 Å². The first-order valence-corrected chi connectivity index (χ1v) is 5.99. The molecule has 82 valence electrons. The van der Waals surface area contributed by atoms with Crippen LogP contribution in [0.1, 0.15) is 24.0 Å². The molecule has 0 saturated heterocycles. The average Bonchev–Trinajstić information content (AvgIpc) is 2.29. The van der Waals surface area contributed by atoms with Crippen molar-refractivity contribution in [3.8, 4) is 11.5 Å². The topological polar surface area (TPSA) is 18.5 Å². The normalized spacial score (nSPS) is 14.6. The highest BCUT2D eigenvalue weighted by Crippen LogP contribution is 2.42. The fourth-order valence-corrected chi connectivity index (χ4v) is 2.96. The van der Waals surface area contributed by atoms with Crippen LogP contribution in [0.5, 0.6) is 11.5 Å². The quantitative estimate of drug-likeness (QED) is 0.821. The third-order valence-electron chi connectivity index (χ3n) is 2.93. The first-order valence-electron chi connectivity index (χ1n) is 5.20. The van der Waals surface area contributed by atoms with Gasteiger partial charge in [0.2, 0.25) is 0 Å². The highest BCUT2D eigenvalue weighted by Gasteiger charge is 2.19. The zero-order valence-electron chi connectivity index (χ0n) is 9.10. The summed E-state index contributed by atoms with van der Waals surface area (Å²) in [5.41, 5.74) is 2.78. The van der Waals surface area contributed by atoms with E-state index < -0.39 is 0 Å². The summed E-state index contributed by atoms with van der Waals surface area (Å²) in [7, 11) is 3.36. The van der Waals surface area contributed by atoms with Gasteiger partial charge in [0.1, 0.15) is 0 Å². The fraction of sp³-hybridized carbons (Fsp3) is 0.500. The molecule has 1 aromatic carbocycles. The Hall–Kier alpha value is -0.700. The standard InChI is InChI=1S/C12H15BrO2/c1-14-10-7-8-5-3-4-6-9(8)11(13)12(10)15-2/h7H,3-6H2,1-2H3. The largest absolute Gasteiger partial charge is 0.493 e. The molecule has 0 spiro atoms. The summed E-state index contributed by atoms with van der Waals surface area (Å²) in [6.07, 6.45) is 4.82. The second-order valence-corrected chi connectivity index (χ2v) is 4.56. The Morgan fingerprint density at radius 1 is 1.13 bits per heavy atom. The number of aryl methyl sites for hydroxylation is 1. The molecular weight excluding hydrogens is 256 g/mol. The van der Waals surface area contributed by atoms with Crippen molar-refractivity contribution in [3.05, 3.63) is 21.7 Å². The van der Waals surface area contributed by atoms with Crippen molar-refractivity contribution in [2.75, 3.05) is 14.2 Å². The molecule has 0 saturated carbocycles. The molecule has 0 radical (unpaired) electrons. The summed E-state index contributed by atoms with van der Waals surface area (Å²) in [5.74, 6) is 1.64. The summed E-state index contributed by atoms with van der Waals surface area (Å²) < 4.78 is 11.8. The number of hydrogen-bond acceptors (Lipinski definition) is 2. The van der Waals surface area contributed by atoms with Crippen LogP contribution in [-0.4, -0.2) is 14.2 Å². The Morgan fingerprint density at radius 2 is 1.87 bits per heavy atom. The van der Waals surface area contributed by atoms with E-state index in [1.54, 1.807) is 14.2 Å². The number of rotatable bonds is 2. The van der Waals surface area contributed by atoms with E-state index in [0.717, 1.165) is 28.8 Å². The summed E-state index contributed by atoms with van der Waals surface area (Å²) >= 11 is 3.61. The van der Waals surface area contributed by atoms with Crippen molar-refractivity contribution in [2.24, 2.45) is 0 Å². The first-order chi connectivity index (χ1) is 7.27. The molecule has 0 bridgehead atoms. The van der Waals surface area contributed by atoms with Gasteiger partial charge in [0.05, 0.1) is 18.7 Å². The Kier molecular flexibility index (Phi) is 3.19. The van der Waals surface area contributed by atoms with Crippen LogP contribution in [0.25, 0.3) is 0 Å². The maximum Gasteiger partial charge on any atom is 0.175 e. The molecule has 1 aromatic rings. The maximum atomic E-state index is 5.36. The van der Waals surface area contributed by atoms with Gasteiger partial charge in [-0.25, -0.2) is 0 Å².